The summed E-state index contributed by atoms with van der Waals surface area (Å²) in [7, 11) is 0. The van der Waals surface area contributed by atoms with Gasteiger partial charge in [-0.05, 0) is 82.3 Å². The second-order valence-electron chi connectivity index (χ2n) is 11.9. The van der Waals surface area contributed by atoms with Crippen molar-refractivity contribution in [2.45, 2.75) is 71.2 Å². The number of ether oxygens (including phenoxy) is 2. The summed E-state index contributed by atoms with van der Waals surface area (Å²) in [5.74, 6) is -2.16. The van der Waals surface area contributed by atoms with Crippen molar-refractivity contribution in [3.8, 4) is 11.1 Å². The van der Waals surface area contributed by atoms with Gasteiger partial charge in [0.25, 0.3) is 5.69 Å². The van der Waals surface area contributed by atoms with E-state index in [4.69, 9.17) is 9.47 Å². The van der Waals surface area contributed by atoms with Gasteiger partial charge in [0.15, 0.2) is 0 Å². The summed E-state index contributed by atoms with van der Waals surface area (Å²) in [6.45, 7) is 6.82. The van der Waals surface area contributed by atoms with E-state index in [0.29, 0.717) is 18.4 Å². The highest BCUT2D eigenvalue weighted by atomic mass is 19.4. The number of amides is 1. The smallest absolute Gasteiger partial charge is 0.416 e. The number of likely N-dealkylation sites (tertiary alicyclic amines) is 1. The van der Waals surface area contributed by atoms with E-state index in [2.05, 4.69) is 4.98 Å². The van der Waals surface area contributed by atoms with E-state index < -0.39 is 52.0 Å². The zero-order chi connectivity index (χ0) is 34.7. The van der Waals surface area contributed by atoms with Gasteiger partial charge in [0.05, 0.1) is 45.5 Å². The van der Waals surface area contributed by atoms with Gasteiger partial charge in [-0.25, -0.2) is 19.4 Å². The Labute approximate surface area is 268 Å². The molecule has 1 aliphatic heterocycles. The fourth-order valence-electron chi connectivity index (χ4n) is 5.44. The number of nitro groups is 1. The van der Waals surface area contributed by atoms with E-state index in [1.54, 1.807) is 27.7 Å². The number of hydrogen-bond donors (Lipinski definition) is 1. The molecule has 47 heavy (non-hydrogen) atoms. The molecule has 3 aromatic rings. The zero-order valence-corrected chi connectivity index (χ0v) is 26.2. The summed E-state index contributed by atoms with van der Waals surface area (Å²) >= 11 is 0. The van der Waals surface area contributed by atoms with Crippen molar-refractivity contribution < 1.29 is 47.1 Å². The minimum absolute atomic E-state index is 0.0390. The van der Waals surface area contributed by atoms with E-state index in [-0.39, 0.29) is 59.6 Å². The number of alkyl halides is 3. The van der Waals surface area contributed by atoms with Gasteiger partial charge >= 0.3 is 24.2 Å². The number of esters is 1. The summed E-state index contributed by atoms with van der Waals surface area (Å²) in [6, 6.07) is 8.67. The summed E-state index contributed by atoms with van der Waals surface area (Å²) in [5.41, 5.74) is -2.22. The van der Waals surface area contributed by atoms with Crippen molar-refractivity contribution >= 4 is 23.7 Å². The van der Waals surface area contributed by atoms with Crippen LogP contribution in [0.15, 0.2) is 48.5 Å². The Morgan fingerprint density at radius 1 is 1.04 bits per heavy atom. The fourth-order valence-corrected chi connectivity index (χ4v) is 5.44. The summed E-state index contributed by atoms with van der Waals surface area (Å²) < 4.78 is 50.3. The Morgan fingerprint density at radius 3 is 2.21 bits per heavy atom. The van der Waals surface area contributed by atoms with Crippen LogP contribution in [0.1, 0.15) is 89.8 Å². The molecular weight excluding hydrogens is 623 g/mol. The number of carbonyl (C=O) groups excluding carboxylic acids is 2. The van der Waals surface area contributed by atoms with Crippen molar-refractivity contribution in [3.05, 3.63) is 92.3 Å². The van der Waals surface area contributed by atoms with Gasteiger partial charge in [-0.2, -0.15) is 13.2 Å². The van der Waals surface area contributed by atoms with E-state index in [0.717, 1.165) is 12.1 Å². The van der Waals surface area contributed by atoms with Crippen LogP contribution in [0, 0.1) is 10.1 Å². The Balaban J connectivity index is 1.96. The van der Waals surface area contributed by atoms with Crippen LogP contribution in [0.5, 0.6) is 0 Å². The minimum atomic E-state index is -4.54. The molecule has 4 rings (SSSR count). The molecule has 1 unspecified atom stereocenters. The maximum absolute atomic E-state index is 13.7. The molecule has 0 aliphatic carbocycles. The van der Waals surface area contributed by atoms with Crippen LogP contribution in [-0.2, 0) is 28.5 Å². The molecule has 0 spiro atoms. The van der Waals surface area contributed by atoms with Crippen molar-refractivity contribution in [1.82, 2.24) is 9.88 Å². The maximum atomic E-state index is 13.7. The number of aryl methyl sites for hydroxylation is 2. The molecule has 14 heteroatoms. The van der Waals surface area contributed by atoms with Crippen LogP contribution >= 0.6 is 0 Å². The topological polar surface area (TPSA) is 149 Å². The molecular formula is C33H34F3N3O8. The SMILES string of the molecule is CCOC(=O)c1c(C2CCCN2C(=O)OC(C)(C)C)nc(CCc2ccc(C(F)(F)F)cc2)c([N+](=O)[O-])c1-c1ccc(C(=O)O)cc1. The molecule has 1 saturated heterocycles. The van der Waals surface area contributed by atoms with Gasteiger partial charge in [-0.1, -0.05) is 24.3 Å². The first-order chi connectivity index (χ1) is 22.0. The lowest BCUT2D eigenvalue weighted by molar-refractivity contribution is -0.385. The predicted octanol–water partition coefficient (Wildman–Crippen LogP) is 7.41. The van der Waals surface area contributed by atoms with Gasteiger partial charge in [0.1, 0.15) is 11.3 Å². The van der Waals surface area contributed by atoms with Crippen molar-refractivity contribution in [2.75, 3.05) is 13.2 Å². The first kappa shape index (κ1) is 34.9. The minimum Gasteiger partial charge on any atom is -0.478 e. The van der Waals surface area contributed by atoms with E-state index in [1.165, 1.54) is 41.3 Å². The average molecular weight is 658 g/mol. The number of rotatable bonds is 9. The van der Waals surface area contributed by atoms with Crippen LogP contribution in [0.2, 0.25) is 0 Å². The van der Waals surface area contributed by atoms with Crippen LogP contribution in [-0.4, -0.2) is 56.7 Å². The second kappa shape index (κ2) is 13.8. The summed E-state index contributed by atoms with van der Waals surface area (Å²) in [5, 5.41) is 22.2. The van der Waals surface area contributed by atoms with E-state index in [9.17, 15) is 42.8 Å². The number of aromatic carboxylic acids is 1. The first-order valence-electron chi connectivity index (χ1n) is 14.9. The summed E-state index contributed by atoms with van der Waals surface area (Å²) in [6.07, 6.45) is -4.42. The van der Waals surface area contributed by atoms with Crippen molar-refractivity contribution in [3.63, 3.8) is 0 Å². The van der Waals surface area contributed by atoms with E-state index >= 15 is 0 Å². The second-order valence-corrected chi connectivity index (χ2v) is 11.9. The molecule has 250 valence electrons. The third-order valence-corrected chi connectivity index (χ3v) is 7.48. The number of aromatic nitrogens is 1. The van der Waals surface area contributed by atoms with Crippen LogP contribution in [0.25, 0.3) is 11.1 Å². The molecule has 2 heterocycles. The average Bonchev–Trinajstić information content (AvgIpc) is 3.48. The Morgan fingerprint density at radius 2 is 1.68 bits per heavy atom. The Hall–Kier alpha value is -5.01. The monoisotopic (exact) mass is 657 g/mol. The number of carboxylic acid groups (broad SMARTS) is 1. The zero-order valence-electron chi connectivity index (χ0n) is 26.2. The standard InChI is InChI=1S/C33H34F3N3O8/c1-5-46-30(42)26-25(20-11-13-21(14-12-20)29(40)41)28(39(44)45)23(17-10-19-8-15-22(16-9-19)33(34,35)36)37-27(26)24-7-6-18-38(24)31(43)47-32(2,3)4/h8-9,11-16,24H,5-7,10,17-18H2,1-4H3,(H,40,41). The number of nitrogens with zero attached hydrogens (tertiary/aromatic N) is 3. The van der Waals surface area contributed by atoms with Crippen LogP contribution in [0.3, 0.4) is 0 Å². The number of halogens is 3. The van der Waals surface area contributed by atoms with Gasteiger partial charge in [0, 0.05) is 13.0 Å². The van der Waals surface area contributed by atoms with Gasteiger partial charge < -0.3 is 14.6 Å². The fraction of sp³-hybridized carbons (Fsp3) is 0.394. The molecule has 2 aromatic carbocycles. The highest BCUT2D eigenvalue weighted by Gasteiger charge is 2.41. The van der Waals surface area contributed by atoms with Crippen molar-refractivity contribution in [1.29, 1.82) is 0 Å². The molecule has 11 nitrogen and oxygen atoms in total. The molecule has 1 amide bonds. The molecule has 1 atom stereocenters. The number of carboxylic acids is 1. The number of pyridine rings is 1. The first-order valence-corrected chi connectivity index (χ1v) is 14.9. The van der Waals surface area contributed by atoms with Gasteiger partial charge in [-0.15, -0.1) is 0 Å². The maximum Gasteiger partial charge on any atom is 0.416 e. The summed E-state index contributed by atoms with van der Waals surface area (Å²) in [4.78, 5) is 56.6. The molecule has 1 fully saturated rings. The predicted molar refractivity (Wildman–Crippen MR) is 163 cm³/mol. The lowest BCUT2D eigenvalue weighted by Crippen LogP contribution is -2.37. The lowest BCUT2D eigenvalue weighted by Gasteiger charge is -2.29. The highest BCUT2D eigenvalue weighted by molar-refractivity contribution is 6.02. The Bertz CT molecular complexity index is 1670. The van der Waals surface area contributed by atoms with Gasteiger partial charge in [0.2, 0.25) is 0 Å². The number of carbonyl (C=O) groups is 3. The van der Waals surface area contributed by atoms with Crippen molar-refractivity contribution in [2.24, 2.45) is 0 Å². The molecule has 0 bridgehead atoms. The van der Waals surface area contributed by atoms with Gasteiger partial charge in [-0.3, -0.25) is 15.0 Å². The Kier molecular flexibility index (Phi) is 10.2. The molecule has 0 radical (unpaired) electrons. The third kappa shape index (κ3) is 8.05. The normalized spacial score (nSPS) is 15.0. The molecule has 0 saturated carbocycles. The highest BCUT2D eigenvalue weighted by Crippen LogP contribution is 2.43. The number of benzene rings is 2. The quantitative estimate of drug-likeness (QED) is 0.141. The van der Waals surface area contributed by atoms with Crippen LogP contribution in [0.4, 0.5) is 23.7 Å². The molecule has 1 N–H and O–H groups in total. The molecule has 1 aromatic heterocycles. The van der Waals surface area contributed by atoms with Crippen LogP contribution < -0.4 is 0 Å². The largest absolute Gasteiger partial charge is 0.478 e. The third-order valence-electron chi connectivity index (χ3n) is 7.48. The van der Waals surface area contributed by atoms with E-state index in [1.807, 2.05) is 0 Å². The number of hydrogen-bond acceptors (Lipinski definition) is 8. The molecule has 1 aliphatic rings. The lowest BCUT2D eigenvalue weighted by atomic mass is 9.91.